The molecule has 3 heterocycles. The minimum atomic E-state index is -1.04. The average Bonchev–Trinajstić information content (AvgIpc) is 3.89. The van der Waals surface area contributed by atoms with Gasteiger partial charge in [0.15, 0.2) is 16.6 Å². The largest absolute Gasteiger partial charge is 0.487 e. The van der Waals surface area contributed by atoms with Crippen LogP contribution >= 0.6 is 23.1 Å². The topological polar surface area (TPSA) is 198 Å². The van der Waals surface area contributed by atoms with E-state index in [0.717, 1.165) is 36.1 Å². The number of carbonyl (C=O) groups excluding carboxylic acids is 3. The summed E-state index contributed by atoms with van der Waals surface area (Å²) in [5.41, 5.74) is 1.79. The van der Waals surface area contributed by atoms with Crippen LogP contribution in [0.4, 0.5) is 9.93 Å². The number of nitrogens with one attached hydrogen (secondary N) is 5. The average molecular weight is 785 g/mol. The molecule has 2 aliphatic heterocycles. The van der Waals surface area contributed by atoms with E-state index in [1.807, 2.05) is 24.9 Å². The number of unbranched alkanes of at least 4 members (excludes halogenated alkanes) is 1. The van der Waals surface area contributed by atoms with Gasteiger partial charge in [-0.05, 0) is 80.4 Å². The van der Waals surface area contributed by atoms with Crippen molar-refractivity contribution in [3.63, 3.8) is 0 Å². The number of carbonyl (C=O) groups is 4. The van der Waals surface area contributed by atoms with Crippen molar-refractivity contribution in [3.8, 4) is 17.2 Å². The smallest absolute Gasteiger partial charge is 0.335 e. The Labute approximate surface area is 322 Å². The van der Waals surface area contributed by atoms with E-state index < -0.39 is 5.97 Å². The second-order valence-electron chi connectivity index (χ2n) is 12.7. The first-order chi connectivity index (χ1) is 26.3. The van der Waals surface area contributed by atoms with Crippen molar-refractivity contribution in [1.82, 2.24) is 26.3 Å². The molecule has 2 fully saturated rings. The maximum atomic E-state index is 12.9. The molecule has 2 saturated heterocycles. The standard InChI is InChI=1S/C37H48N6O9S2/c1-38-11-10-25-20-29(30(52-27-8-6-24(7-9-27)35(46)47)21-26(25)22-33(45)42-37-40-13-19-53-37)51-18-17-50-16-15-49-14-12-39-32(44)5-3-2-4-31-34-28(23-54-31)41-36(48)43-34/h6-9,13,19-21,28,31,34,38H,2-5,10-12,14-18,22-23H2,1H3,(H,39,44)(H,46,47)(H,40,42,45)(H2,41,43,48)/t28-,31-,34-/m0/s1. The van der Waals surface area contributed by atoms with E-state index in [4.69, 9.17) is 18.9 Å². The summed E-state index contributed by atoms with van der Waals surface area (Å²) < 4.78 is 23.6. The Kier molecular flexibility index (Phi) is 16.2. The van der Waals surface area contributed by atoms with E-state index in [0.29, 0.717) is 73.4 Å². The first kappa shape index (κ1) is 40.8. The Balaban J connectivity index is 1.02. The Morgan fingerprint density at radius 1 is 0.944 bits per heavy atom. The maximum absolute atomic E-state index is 12.9. The number of hydrogen-bond acceptors (Lipinski definition) is 12. The molecular weight excluding hydrogens is 737 g/mol. The molecule has 292 valence electrons. The fraction of sp³-hybridized carbons (Fsp3) is 0.486. The number of anilines is 1. The van der Waals surface area contributed by atoms with Crippen LogP contribution in [-0.2, 0) is 31.9 Å². The summed E-state index contributed by atoms with van der Waals surface area (Å²) in [6, 6.07) is 10.0. The van der Waals surface area contributed by atoms with Crippen LogP contribution in [0, 0.1) is 0 Å². The number of carboxylic acid groups (broad SMARTS) is 1. The molecule has 6 N–H and O–H groups in total. The minimum absolute atomic E-state index is 0.00139. The van der Waals surface area contributed by atoms with E-state index in [9.17, 15) is 24.3 Å². The van der Waals surface area contributed by atoms with Crippen molar-refractivity contribution in [2.45, 2.75) is 55.9 Å². The molecular formula is C37H48N6O9S2. The molecule has 0 aliphatic carbocycles. The second-order valence-corrected chi connectivity index (χ2v) is 14.9. The van der Waals surface area contributed by atoms with Gasteiger partial charge in [0.05, 0.1) is 50.5 Å². The molecule has 3 atom stereocenters. The number of aromatic carboxylic acids is 1. The fourth-order valence-corrected chi connectivity index (χ4v) is 8.15. The number of ether oxygens (including phenoxy) is 4. The van der Waals surface area contributed by atoms with Gasteiger partial charge in [0, 0.05) is 35.5 Å². The van der Waals surface area contributed by atoms with Crippen LogP contribution in [0.1, 0.15) is 47.2 Å². The number of nitrogens with zero attached hydrogens (tertiary/aromatic N) is 1. The lowest BCUT2D eigenvalue weighted by Crippen LogP contribution is -2.36. The van der Waals surface area contributed by atoms with Gasteiger partial charge in [0.25, 0.3) is 0 Å². The normalized spacial score (nSPS) is 17.4. The molecule has 54 heavy (non-hydrogen) atoms. The van der Waals surface area contributed by atoms with E-state index >= 15 is 0 Å². The van der Waals surface area contributed by atoms with Crippen molar-refractivity contribution in [2.24, 2.45) is 0 Å². The first-order valence-corrected chi connectivity index (χ1v) is 20.0. The monoisotopic (exact) mass is 784 g/mol. The van der Waals surface area contributed by atoms with E-state index in [2.05, 4.69) is 31.6 Å². The summed E-state index contributed by atoms with van der Waals surface area (Å²) >= 11 is 3.22. The van der Waals surface area contributed by atoms with Gasteiger partial charge in [0.1, 0.15) is 12.4 Å². The van der Waals surface area contributed by atoms with Gasteiger partial charge in [-0.15, -0.1) is 11.3 Å². The van der Waals surface area contributed by atoms with E-state index in [1.54, 1.807) is 29.8 Å². The number of fused-ring (bicyclic) bond motifs is 1. The van der Waals surface area contributed by atoms with Gasteiger partial charge < -0.3 is 50.6 Å². The summed E-state index contributed by atoms with van der Waals surface area (Å²) in [6.07, 6.45) is 5.53. The molecule has 4 amide bonds. The lowest BCUT2D eigenvalue weighted by Gasteiger charge is -2.18. The van der Waals surface area contributed by atoms with Crippen molar-refractivity contribution in [3.05, 3.63) is 64.7 Å². The molecule has 17 heteroatoms. The maximum Gasteiger partial charge on any atom is 0.335 e. The molecule has 0 radical (unpaired) electrons. The lowest BCUT2D eigenvalue weighted by molar-refractivity contribution is -0.121. The van der Waals surface area contributed by atoms with E-state index in [1.165, 1.54) is 23.5 Å². The molecule has 3 aromatic rings. The molecule has 5 rings (SSSR count). The lowest BCUT2D eigenvalue weighted by atomic mass is 10.00. The molecule has 2 aliphatic rings. The third-order valence-electron chi connectivity index (χ3n) is 8.78. The summed E-state index contributed by atoms with van der Waals surface area (Å²) in [7, 11) is 1.85. The van der Waals surface area contributed by atoms with Crippen LogP contribution in [0.15, 0.2) is 48.0 Å². The van der Waals surface area contributed by atoms with Crippen molar-refractivity contribution in [2.75, 3.05) is 64.2 Å². The predicted molar refractivity (Wildman–Crippen MR) is 206 cm³/mol. The zero-order chi connectivity index (χ0) is 38.1. The summed E-state index contributed by atoms with van der Waals surface area (Å²) in [6.45, 7) is 2.65. The summed E-state index contributed by atoms with van der Waals surface area (Å²) in [5.74, 6) is 0.908. The Morgan fingerprint density at radius 2 is 1.72 bits per heavy atom. The first-order valence-electron chi connectivity index (χ1n) is 18.0. The molecule has 0 saturated carbocycles. The Morgan fingerprint density at radius 3 is 2.48 bits per heavy atom. The highest BCUT2D eigenvalue weighted by Crippen LogP contribution is 2.36. The van der Waals surface area contributed by atoms with Crippen LogP contribution in [0.2, 0.25) is 0 Å². The zero-order valence-corrected chi connectivity index (χ0v) is 31.9. The number of hydrogen-bond donors (Lipinski definition) is 6. The quantitative estimate of drug-likeness (QED) is 0.0568. The van der Waals surface area contributed by atoms with Gasteiger partial charge in [-0.3, -0.25) is 9.59 Å². The molecule has 0 bridgehead atoms. The fourth-order valence-electron chi connectivity index (χ4n) is 6.07. The number of benzene rings is 2. The summed E-state index contributed by atoms with van der Waals surface area (Å²) in [4.78, 5) is 52.2. The van der Waals surface area contributed by atoms with Crippen molar-refractivity contribution in [1.29, 1.82) is 0 Å². The van der Waals surface area contributed by atoms with Crippen LogP contribution in [-0.4, -0.2) is 110 Å². The zero-order valence-electron chi connectivity index (χ0n) is 30.2. The molecule has 15 nitrogen and oxygen atoms in total. The van der Waals surface area contributed by atoms with Gasteiger partial charge in [0.2, 0.25) is 11.8 Å². The number of thiazole rings is 1. The van der Waals surface area contributed by atoms with Crippen LogP contribution in [0.5, 0.6) is 17.2 Å². The highest BCUT2D eigenvalue weighted by molar-refractivity contribution is 8.00. The van der Waals surface area contributed by atoms with Crippen molar-refractivity contribution < 1.29 is 43.2 Å². The molecule has 1 aromatic heterocycles. The van der Waals surface area contributed by atoms with Crippen LogP contribution < -0.4 is 36.1 Å². The second kappa shape index (κ2) is 21.5. The molecule has 0 spiro atoms. The SMILES string of the molecule is CNCCc1cc(OCCOCCOCCNC(=O)CCCC[C@@H]2SC[C@@H]3NC(=O)N[C@@H]32)c(Oc2ccc(C(=O)O)cc2)cc1CC(=O)Nc1nccs1. The number of likely N-dealkylation sites (N-methyl/N-ethyl adjacent to an activating group) is 1. The highest BCUT2D eigenvalue weighted by Gasteiger charge is 2.42. The number of carboxylic acids is 1. The number of rotatable bonds is 24. The van der Waals surface area contributed by atoms with Crippen LogP contribution in [0.3, 0.4) is 0 Å². The molecule has 2 aromatic carbocycles. The number of aromatic nitrogens is 1. The van der Waals surface area contributed by atoms with Gasteiger partial charge >= 0.3 is 12.0 Å². The van der Waals surface area contributed by atoms with Gasteiger partial charge in [-0.2, -0.15) is 11.8 Å². The van der Waals surface area contributed by atoms with Gasteiger partial charge in [-0.1, -0.05) is 6.42 Å². The van der Waals surface area contributed by atoms with Gasteiger partial charge in [-0.25, -0.2) is 14.6 Å². The Hall–Kier alpha value is -4.42. The number of urea groups is 1. The highest BCUT2D eigenvalue weighted by atomic mass is 32.2. The Bertz CT molecular complexity index is 1680. The molecule has 0 unspecified atom stereocenters. The van der Waals surface area contributed by atoms with Crippen molar-refractivity contribution >= 4 is 52.0 Å². The third-order valence-corrected chi connectivity index (χ3v) is 11.0. The van der Waals surface area contributed by atoms with E-state index in [-0.39, 0.29) is 55.1 Å². The number of thioether (sulfide) groups is 1. The third kappa shape index (κ3) is 12.9. The summed E-state index contributed by atoms with van der Waals surface area (Å²) in [5, 5.41) is 26.8. The van der Waals surface area contributed by atoms with Crippen LogP contribution in [0.25, 0.3) is 0 Å². The number of amides is 4. The minimum Gasteiger partial charge on any atom is -0.487 e. The predicted octanol–water partition coefficient (Wildman–Crippen LogP) is 3.83.